The molecule has 0 bridgehead atoms. The number of nitrogens with zero attached hydrogens (tertiary/aromatic N) is 1. The first-order valence-corrected chi connectivity index (χ1v) is 6.62. The Hall–Kier alpha value is -2.75. The highest BCUT2D eigenvalue weighted by Gasteiger charge is 2.31. The molecule has 0 unspecified atom stereocenters. The number of aromatic hydroxyl groups is 1. The first kappa shape index (κ1) is 12.0. The van der Waals surface area contributed by atoms with Crippen molar-refractivity contribution < 1.29 is 14.6 Å². The minimum atomic E-state index is 0.254. The average molecular weight is 279 g/mol. The Morgan fingerprint density at radius 1 is 1.05 bits per heavy atom. The van der Waals surface area contributed by atoms with E-state index in [1.54, 1.807) is 26.4 Å². The summed E-state index contributed by atoms with van der Waals surface area (Å²) in [6.45, 7) is 0. The molecule has 0 saturated heterocycles. The minimum absolute atomic E-state index is 0.254. The van der Waals surface area contributed by atoms with Crippen LogP contribution in [0.3, 0.4) is 0 Å². The van der Waals surface area contributed by atoms with Crippen molar-refractivity contribution in [2.24, 2.45) is 4.99 Å². The highest BCUT2D eigenvalue weighted by molar-refractivity contribution is 6.43. The molecule has 2 aromatic rings. The lowest BCUT2D eigenvalue weighted by Crippen LogP contribution is -1.98. The van der Waals surface area contributed by atoms with Crippen LogP contribution in [-0.2, 0) is 0 Å². The predicted octanol–water partition coefficient (Wildman–Crippen LogP) is 3.40. The number of benzene rings is 2. The summed E-state index contributed by atoms with van der Waals surface area (Å²) >= 11 is 0. The van der Waals surface area contributed by atoms with Crippen molar-refractivity contribution in [1.82, 2.24) is 0 Å². The molecular formula is C17H13NO3. The molecule has 2 aliphatic rings. The van der Waals surface area contributed by atoms with Crippen molar-refractivity contribution in [2.45, 2.75) is 0 Å². The molecule has 1 N–H and O–H groups in total. The predicted molar refractivity (Wildman–Crippen MR) is 81.7 cm³/mol. The molecular weight excluding hydrogens is 266 g/mol. The van der Waals surface area contributed by atoms with E-state index in [4.69, 9.17) is 9.47 Å². The van der Waals surface area contributed by atoms with Gasteiger partial charge in [-0.3, -0.25) is 0 Å². The van der Waals surface area contributed by atoms with Gasteiger partial charge in [0.05, 0.1) is 31.2 Å². The van der Waals surface area contributed by atoms with Crippen LogP contribution >= 0.6 is 0 Å². The first-order chi connectivity index (χ1) is 10.2. The fourth-order valence-corrected chi connectivity index (χ4v) is 2.92. The van der Waals surface area contributed by atoms with Crippen LogP contribution in [-0.4, -0.2) is 25.0 Å². The van der Waals surface area contributed by atoms with Gasteiger partial charge in [-0.15, -0.1) is 0 Å². The SMILES string of the molecule is COc1cc2c(cc1OC)C1=Nc3cccc(O)c3C1=C2. The molecule has 1 heterocycles. The number of ether oxygens (including phenoxy) is 2. The first-order valence-electron chi connectivity index (χ1n) is 6.62. The summed E-state index contributed by atoms with van der Waals surface area (Å²) in [5, 5.41) is 10.1. The summed E-state index contributed by atoms with van der Waals surface area (Å²) in [6.07, 6.45) is 2.03. The number of fused-ring (bicyclic) bond motifs is 5. The van der Waals surface area contributed by atoms with Crippen LogP contribution in [0.15, 0.2) is 35.3 Å². The number of hydrogen-bond acceptors (Lipinski definition) is 4. The van der Waals surface area contributed by atoms with E-state index >= 15 is 0 Å². The minimum Gasteiger partial charge on any atom is -0.507 e. The molecule has 1 aliphatic carbocycles. The van der Waals surface area contributed by atoms with Gasteiger partial charge in [0.2, 0.25) is 0 Å². The average Bonchev–Trinajstić information content (AvgIpc) is 3.01. The van der Waals surface area contributed by atoms with E-state index in [1.807, 2.05) is 24.3 Å². The number of aliphatic imine (C=N–C) groups is 1. The van der Waals surface area contributed by atoms with Crippen LogP contribution in [0, 0.1) is 0 Å². The van der Waals surface area contributed by atoms with Gasteiger partial charge < -0.3 is 14.6 Å². The summed E-state index contributed by atoms with van der Waals surface area (Å²) in [5.41, 5.74) is 5.45. The Morgan fingerprint density at radius 2 is 1.81 bits per heavy atom. The fraction of sp³-hybridized carbons (Fsp3) is 0.118. The van der Waals surface area contributed by atoms with Crippen molar-refractivity contribution in [2.75, 3.05) is 14.2 Å². The fourth-order valence-electron chi connectivity index (χ4n) is 2.92. The number of hydrogen-bond donors (Lipinski definition) is 1. The molecule has 104 valence electrons. The lowest BCUT2D eigenvalue weighted by Gasteiger charge is -2.09. The van der Waals surface area contributed by atoms with Crippen LogP contribution in [0.4, 0.5) is 5.69 Å². The van der Waals surface area contributed by atoms with E-state index < -0.39 is 0 Å². The zero-order valence-corrected chi connectivity index (χ0v) is 11.7. The summed E-state index contributed by atoms with van der Waals surface area (Å²) in [7, 11) is 3.23. The van der Waals surface area contributed by atoms with Crippen LogP contribution in [0.5, 0.6) is 17.2 Å². The molecule has 0 aromatic heterocycles. The quantitative estimate of drug-likeness (QED) is 0.916. The lowest BCUT2D eigenvalue weighted by atomic mass is 10.0. The third-order valence-corrected chi connectivity index (χ3v) is 3.89. The number of methoxy groups -OCH3 is 2. The molecule has 4 heteroatoms. The molecule has 1 aliphatic heterocycles. The van der Waals surface area contributed by atoms with Gasteiger partial charge in [0.25, 0.3) is 0 Å². The second kappa shape index (κ2) is 4.12. The van der Waals surface area contributed by atoms with E-state index in [0.29, 0.717) is 11.5 Å². The Kier molecular flexibility index (Phi) is 2.36. The van der Waals surface area contributed by atoms with E-state index in [2.05, 4.69) is 4.99 Å². The molecule has 0 amide bonds. The standard InChI is InChI=1S/C17H13NO3/c1-20-14-7-9-6-11-16-12(4-3-5-13(16)19)18-17(11)10(9)8-15(14)21-2/h3-8,19H,1-2H3. The third kappa shape index (κ3) is 1.53. The van der Waals surface area contributed by atoms with Crippen LogP contribution in [0.2, 0.25) is 0 Å². The third-order valence-electron chi connectivity index (χ3n) is 3.89. The van der Waals surface area contributed by atoms with Gasteiger partial charge >= 0.3 is 0 Å². The molecule has 21 heavy (non-hydrogen) atoms. The van der Waals surface area contributed by atoms with Crippen molar-refractivity contribution in [3.8, 4) is 17.2 Å². The Bertz CT molecular complexity index is 834. The maximum atomic E-state index is 10.1. The smallest absolute Gasteiger partial charge is 0.161 e. The maximum absolute atomic E-state index is 10.1. The van der Waals surface area contributed by atoms with E-state index in [-0.39, 0.29) is 5.75 Å². The summed E-state index contributed by atoms with van der Waals surface area (Å²) in [6, 6.07) is 9.25. The van der Waals surface area contributed by atoms with E-state index in [1.165, 1.54) is 0 Å². The number of rotatable bonds is 2. The number of allylic oxidation sites excluding steroid dienone is 1. The van der Waals surface area contributed by atoms with Gasteiger partial charge in [0.1, 0.15) is 5.75 Å². The van der Waals surface area contributed by atoms with Crippen LogP contribution in [0.1, 0.15) is 16.7 Å². The topological polar surface area (TPSA) is 51.0 Å². The Morgan fingerprint density at radius 3 is 2.57 bits per heavy atom. The highest BCUT2D eigenvalue weighted by Crippen LogP contribution is 2.48. The van der Waals surface area contributed by atoms with Gasteiger partial charge in [-0.2, -0.15) is 0 Å². The largest absolute Gasteiger partial charge is 0.507 e. The zero-order valence-electron chi connectivity index (χ0n) is 11.7. The Balaban J connectivity index is 1.93. The number of phenolic OH excluding ortho intramolecular Hbond substituents is 1. The van der Waals surface area contributed by atoms with Gasteiger partial charge in [0, 0.05) is 11.1 Å². The Labute approximate surface area is 122 Å². The van der Waals surface area contributed by atoms with Crippen molar-refractivity contribution in [3.63, 3.8) is 0 Å². The maximum Gasteiger partial charge on any atom is 0.161 e. The lowest BCUT2D eigenvalue weighted by molar-refractivity contribution is 0.355. The van der Waals surface area contributed by atoms with E-state index in [9.17, 15) is 5.11 Å². The summed E-state index contributed by atoms with van der Waals surface area (Å²) in [4.78, 5) is 4.64. The summed E-state index contributed by atoms with van der Waals surface area (Å²) in [5.74, 6) is 1.61. The normalized spacial score (nSPS) is 14.0. The second-order valence-electron chi connectivity index (χ2n) is 4.98. The molecule has 4 nitrogen and oxygen atoms in total. The monoisotopic (exact) mass is 279 g/mol. The molecule has 4 rings (SSSR count). The molecule has 2 aromatic carbocycles. The summed E-state index contributed by atoms with van der Waals surface area (Å²) < 4.78 is 10.7. The van der Waals surface area contributed by atoms with Crippen molar-refractivity contribution in [1.29, 1.82) is 0 Å². The molecule has 0 spiro atoms. The van der Waals surface area contributed by atoms with Crippen LogP contribution < -0.4 is 9.47 Å². The van der Waals surface area contributed by atoms with Gasteiger partial charge in [-0.1, -0.05) is 6.07 Å². The molecule has 0 saturated carbocycles. The van der Waals surface area contributed by atoms with Gasteiger partial charge in [-0.25, -0.2) is 4.99 Å². The van der Waals surface area contributed by atoms with E-state index in [0.717, 1.165) is 33.7 Å². The molecule has 0 fully saturated rings. The van der Waals surface area contributed by atoms with Gasteiger partial charge in [-0.05, 0) is 35.9 Å². The van der Waals surface area contributed by atoms with Gasteiger partial charge in [0.15, 0.2) is 11.5 Å². The second-order valence-corrected chi connectivity index (χ2v) is 4.98. The highest BCUT2D eigenvalue weighted by atomic mass is 16.5. The number of phenols is 1. The van der Waals surface area contributed by atoms with Crippen molar-refractivity contribution >= 4 is 23.0 Å². The molecule has 0 atom stereocenters. The zero-order chi connectivity index (χ0) is 14.6. The molecule has 0 radical (unpaired) electrons. The van der Waals surface area contributed by atoms with Crippen molar-refractivity contribution in [3.05, 3.63) is 47.0 Å². The van der Waals surface area contributed by atoms with Crippen LogP contribution in [0.25, 0.3) is 11.6 Å².